The number of rotatable bonds is 3. The molecule has 19 heavy (non-hydrogen) atoms. The van der Waals surface area contributed by atoms with Crippen molar-refractivity contribution in [3.63, 3.8) is 0 Å². The first-order chi connectivity index (χ1) is 8.73. The summed E-state index contributed by atoms with van der Waals surface area (Å²) in [4.78, 5) is 22.4. The molecule has 0 bridgehead atoms. The molecule has 0 unspecified atom stereocenters. The van der Waals surface area contributed by atoms with Crippen LogP contribution in [-0.2, 0) is 9.59 Å². The molecule has 0 aromatic heterocycles. The SMILES string of the molecule is C/C(C(=O)O)=C(/C)C(=O)Nc1cc(Br)c(F)cc1F. The van der Waals surface area contributed by atoms with Gasteiger partial charge in [-0.25, -0.2) is 13.6 Å². The van der Waals surface area contributed by atoms with Crippen LogP contribution < -0.4 is 5.32 Å². The fourth-order valence-electron chi connectivity index (χ4n) is 1.17. The second-order valence-corrected chi connectivity index (χ2v) is 4.61. The van der Waals surface area contributed by atoms with Crippen LogP contribution in [0.1, 0.15) is 13.8 Å². The molecule has 0 atom stereocenters. The van der Waals surface area contributed by atoms with Gasteiger partial charge in [-0.3, -0.25) is 4.79 Å². The molecule has 0 saturated heterocycles. The molecule has 1 aromatic carbocycles. The van der Waals surface area contributed by atoms with Gasteiger partial charge in [0.2, 0.25) is 0 Å². The zero-order valence-corrected chi connectivity index (χ0v) is 11.6. The highest BCUT2D eigenvalue weighted by molar-refractivity contribution is 9.10. The van der Waals surface area contributed by atoms with E-state index in [0.29, 0.717) is 6.07 Å². The number of aliphatic carboxylic acids is 1. The van der Waals surface area contributed by atoms with E-state index in [1.807, 2.05) is 0 Å². The number of carboxylic acids is 1. The van der Waals surface area contributed by atoms with Crippen LogP contribution >= 0.6 is 15.9 Å². The average molecular weight is 334 g/mol. The van der Waals surface area contributed by atoms with Gasteiger partial charge in [0, 0.05) is 17.2 Å². The maximum Gasteiger partial charge on any atom is 0.331 e. The minimum absolute atomic E-state index is 0.0132. The molecule has 1 aromatic rings. The van der Waals surface area contributed by atoms with Gasteiger partial charge >= 0.3 is 5.97 Å². The first-order valence-corrected chi connectivity index (χ1v) is 5.90. The van der Waals surface area contributed by atoms with Crippen LogP contribution in [0.5, 0.6) is 0 Å². The van der Waals surface area contributed by atoms with Crippen LogP contribution in [0.15, 0.2) is 27.8 Å². The first-order valence-electron chi connectivity index (χ1n) is 5.10. The van der Waals surface area contributed by atoms with Gasteiger partial charge in [0.15, 0.2) is 0 Å². The highest BCUT2D eigenvalue weighted by Gasteiger charge is 2.15. The number of amides is 1. The number of halogens is 3. The number of hydrogen-bond donors (Lipinski definition) is 2. The van der Waals surface area contributed by atoms with E-state index >= 15 is 0 Å². The third-order valence-corrected chi connectivity index (χ3v) is 3.09. The molecule has 102 valence electrons. The summed E-state index contributed by atoms with van der Waals surface area (Å²) >= 11 is 2.86. The normalized spacial score (nSPS) is 11.8. The molecule has 0 aliphatic carbocycles. The average Bonchev–Trinajstić information content (AvgIpc) is 2.33. The summed E-state index contributed by atoms with van der Waals surface area (Å²) in [6, 6.07) is 1.68. The van der Waals surface area contributed by atoms with E-state index in [9.17, 15) is 18.4 Å². The van der Waals surface area contributed by atoms with Crippen LogP contribution in [0.2, 0.25) is 0 Å². The Morgan fingerprint density at radius 2 is 1.74 bits per heavy atom. The zero-order valence-electron chi connectivity index (χ0n) is 10.1. The van der Waals surface area contributed by atoms with E-state index in [0.717, 1.165) is 6.07 Å². The molecule has 0 fully saturated rings. The molecular formula is C12H10BrF2NO3. The summed E-state index contributed by atoms with van der Waals surface area (Å²) in [5, 5.41) is 10.9. The lowest BCUT2D eigenvalue weighted by molar-refractivity contribution is -0.133. The smallest absolute Gasteiger partial charge is 0.331 e. The quantitative estimate of drug-likeness (QED) is 0.659. The Labute approximate surface area is 116 Å². The Hall–Kier alpha value is -1.76. The van der Waals surface area contributed by atoms with Crippen LogP contribution in [0.4, 0.5) is 14.5 Å². The van der Waals surface area contributed by atoms with E-state index < -0.39 is 23.5 Å². The lowest BCUT2D eigenvalue weighted by Gasteiger charge is -2.09. The number of hydrogen-bond acceptors (Lipinski definition) is 2. The standard InChI is InChI=1S/C12H10BrF2NO3/c1-5(6(2)12(18)19)11(17)16-10-3-7(13)8(14)4-9(10)15/h3-4H,1-2H3,(H,16,17)(H,18,19)/b6-5+. The van der Waals surface area contributed by atoms with E-state index in [2.05, 4.69) is 21.2 Å². The molecule has 2 N–H and O–H groups in total. The summed E-state index contributed by atoms with van der Waals surface area (Å²) in [6.45, 7) is 2.56. The topological polar surface area (TPSA) is 66.4 Å². The van der Waals surface area contributed by atoms with Crippen molar-refractivity contribution in [2.24, 2.45) is 0 Å². The summed E-state index contributed by atoms with van der Waals surface area (Å²) in [5.74, 6) is -3.76. The van der Waals surface area contributed by atoms with Crippen molar-refractivity contribution in [1.82, 2.24) is 0 Å². The molecule has 0 radical (unpaired) electrons. The van der Waals surface area contributed by atoms with Crippen molar-refractivity contribution in [3.8, 4) is 0 Å². The highest BCUT2D eigenvalue weighted by Crippen LogP contribution is 2.24. The van der Waals surface area contributed by atoms with Crippen LogP contribution in [0.3, 0.4) is 0 Å². The minimum atomic E-state index is -1.24. The maximum absolute atomic E-state index is 13.4. The number of carbonyl (C=O) groups is 2. The van der Waals surface area contributed by atoms with Gasteiger partial charge in [-0.05, 0) is 35.8 Å². The van der Waals surface area contributed by atoms with Gasteiger partial charge in [-0.1, -0.05) is 0 Å². The van der Waals surface area contributed by atoms with Gasteiger partial charge in [0.1, 0.15) is 11.6 Å². The Kier molecular flexibility index (Phi) is 4.77. The Balaban J connectivity index is 3.05. The maximum atomic E-state index is 13.4. The van der Waals surface area contributed by atoms with E-state index in [-0.39, 0.29) is 21.3 Å². The Morgan fingerprint density at radius 1 is 1.16 bits per heavy atom. The molecule has 0 heterocycles. The number of anilines is 1. The number of carboxylic acid groups (broad SMARTS) is 1. The Bertz CT molecular complexity index is 585. The lowest BCUT2D eigenvalue weighted by Crippen LogP contribution is -2.17. The van der Waals surface area contributed by atoms with Crippen LogP contribution in [0.25, 0.3) is 0 Å². The molecule has 0 aliphatic heterocycles. The third-order valence-electron chi connectivity index (χ3n) is 2.48. The van der Waals surface area contributed by atoms with Gasteiger partial charge in [0.25, 0.3) is 5.91 Å². The van der Waals surface area contributed by atoms with Gasteiger partial charge in [-0.15, -0.1) is 0 Å². The highest BCUT2D eigenvalue weighted by atomic mass is 79.9. The third kappa shape index (κ3) is 3.60. The first kappa shape index (κ1) is 15.3. The summed E-state index contributed by atoms with van der Waals surface area (Å²) in [7, 11) is 0. The fraction of sp³-hybridized carbons (Fsp3) is 0.167. The number of benzene rings is 1. The minimum Gasteiger partial charge on any atom is -0.478 e. The van der Waals surface area contributed by atoms with E-state index in [1.54, 1.807) is 0 Å². The lowest BCUT2D eigenvalue weighted by atomic mass is 10.1. The summed E-state index contributed by atoms with van der Waals surface area (Å²) in [5.41, 5.74) is -0.456. The van der Waals surface area contributed by atoms with Crippen molar-refractivity contribution >= 4 is 33.5 Å². The molecule has 0 spiro atoms. The van der Waals surface area contributed by atoms with Gasteiger partial charge in [-0.2, -0.15) is 0 Å². The number of nitrogens with one attached hydrogen (secondary N) is 1. The number of carbonyl (C=O) groups excluding carboxylic acids is 1. The van der Waals surface area contributed by atoms with E-state index in [1.165, 1.54) is 13.8 Å². The Morgan fingerprint density at radius 3 is 2.26 bits per heavy atom. The van der Waals surface area contributed by atoms with Crippen molar-refractivity contribution in [3.05, 3.63) is 39.4 Å². The van der Waals surface area contributed by atoms with Crippen molar-refractivity contribution in [1.29, 1.82) is 0 Å². The molecule has 4 nitrogen and oxygen atoms in total. The van der Waals surface area contributed by atoms with Crippen LogP contribution in [0, 0.1) is 11.6 Å². The monoisotopic (exact) mass is 333 g/mol. The summed E-state index contributed by atoms with van der Waals surface area (Å²) in [6.07, 6.45) is 0. The van der Waals surface area contributed by atoms with Gasteiger partial charge < -0.3 is 10.4 Å². The largest absolute Gasteiger partial charge is 0.478 e. The van der Waals surface area contributed by atoms with Crippen molar-refractivity contribution in [2.75, 3.05) is 5.32 Å². The summed E-state index contributed by atoms with van der Waals surface area (Å²) < 4.78 is 26.4. The van der Waals surface area contributed by atoms with Crippen molar-refractivity contribution in [2.45, 2.75) is 13.8 Å². The predicted molar refractivity (Wildman–Crippen MR) is 68.7 cm³/mol. The zero-order chi connectivity index (χ0) is 14.7. The second-order valence-electron chi connectivity index (χ2n) is 3.76. The van der Waals surface area contributed by atoms with Crippen molar-refractivity contribution < 1.29 is 23.5 Å². The van der Waals surface area contributed by atoms with E-state index in [4.69, 9.17) is 5.11 Å². The second kappa shape index (κ2) is 5.92. The molecule has 0 aliphatic rings. The fourth-order valence-corrected chi connectivity index (χ4v) is 1.51. The molecule has 7 heteroatoms. The van der Waals surface area contributed by atoms with Gasteiger partial charge in [0.05, 0.1) is 10.2 Å². The molecule has 0 saturated carbocycles. The molecule has 1 rings (SSSR count). The predicted octanol–water partition coefficient (Wildman–Crippen LogP) is 3.09. The molecule has 1 amide bonds. The van der Waals surface area contributed by atoms with Crippen LogP contribution in [-0.4, -0.2) is 17.0 Å². The molecular weight excluding hydrogens is 324 g/mol.